The van der Waals surface area contributed by atoms with Gasteiger partial charge >= 0.3 is 5.97 Å². The quantitative estimate of drug-likeness (QED) is 0.847. The Balaban J connectivity index is 2.21. The van der Waals surface area contributed by atoms with Gasteiger partial charge in [-0.3, -0.25) is 14.5 Å². The van der Waals surface area contributed by atoms with E-state index in [9.17, 15) is 14.7 Å². The number of hydrogen-bond donors (Lipinski definition) is 2. The third-order valence-electron chi connectivity index (χ3n) is 2.93. The average Bonchev–Trinajstić information content (AvgIpc) is 2.90. The molecule has 2 rings (SSSR count). The molecule has 0 aliphatic carbocycles. The second kappa shape index (κ2) is 5.71. The molecule has 1 aromatic rings. The Bertz CT molecular complexity index is 464. The summed E-state index contributed by atoms with van der Waals surface area (Å²) in [5.74, 6) is -1.39. The van der Waals surface area contributed by atoms with E-state index >= 15 is 0 Å². The molecule has 0 unspecified atom stereocenters. The van der Waals surface area contributed by atoms with Crippen molar-refractivity contribution in [3.63, 3.8) is 0 Å². The fourth-order valence-electron chi connectivity index (χ4n) is 2.01. The number of benzene rings is 1. The Hall–Kier alpha value is -2.08. The molecule has 0 saturated carbocycles. The lowest BCUT2D eigenvalue weighted by atomic mass is 10.2. The van der Waals surface area contributed by atoms with Crippen molar-refractivity contribution in [1.29, 1.82) is 0 Å². The number of aliphatic carboxylic acids is 1. The molecule has 1 aliphatic heterocycles. The number of carboxylic acids is 1. The number of hydrogen-bond acceptors (Lipinski definition) is 4. The van der Waals surface area contributed by atoms with E-state index in [0.717, 1.165) is 11.3 Å². The van der Waals surface area contributed by atoms with Gasteiger partial charge in [-0.2, -0.15) is 0 Å². The van der Waals surface area contributed by atoms with Gasteiger partial charge in [0.1, 0.15) is 18.4 Å². The molecule has 1 saturated heterocycles. The van der Waals surface area contributed by atoms with Crippen LogP contribution in [0.5, 0.6) is 5.75 Å². The number of anilines is 1. The molecule has 1 aromatic carbocycles. The average molecular weight is 265 g/mol. The van der Waals surface area contributed by atoms with E-state index < -0.39 is 18.6 Å². The van der Waals surface area contributed by atoms with Gasteiger partial charge < -0.3 is 14.9 Å². The highest BCUT2D eigenvalue weighted by atomic mass is 16.5. The minimum absolute atomic E-state index is 0.0589. The third kappa shape index (κ3) is 3.23. The number of amides is 1. The van der Waals surface area contributed by atoms with Crippen LogP contribution in [0.3, 0.4) is 0 Å². The summed E-state index contributed by atoms with van der Waals surface area (Å²) < 4.78 is 5.29. The highest BCUT2D eigenvalue weighted by Crippen LogP contribution is 2.22. The van der Waals surface area contributed by atoms with Crippen LogP contribution in [0, 0.1) is 0 Å². The summed E-state index contributed by atoms with van der Waals surface area (Å²) in [6, 6.07) is 5.83. The zero-order valence-corrected chi connectivity index (χ0v) is 10.3. The van der Waals surface area contributed by atoms with Gasteiger partial charge in [0, 0.05) is 12.3 Å². The fraction of sp³-hybridized carbons (Fsp3) is 0.385. The summed E-state index contributed by atoms with van der Waals surface area (Å²) in [7, 11) is 0. The molecule has 0 bridgehead atoms. The second-order valence-corrected chi connectivity index (χ2v) is 4.34. The molecule has 6 heteroatoms. The number of nitrogens with zero attached hydrogens (tertiary/aromatic N) is 1. The predicted molar refractivity (Wildman–Crippen MR) is 67.1 cm³/mol. The Morgan fingerprint density at radius 2 is 2.00 bits per heavy atom. The van der Waals surface area contributed by atoms with E-state index in [1.165, 1.54) is 24.3 Å². The van der Waals surface area contributed by atoms with Crippen molar-refractivity contribution in [3.05, 3.63) is 24.3 Å². The molecule has 2 N–H and O–H groups in total. The van der Waals surface area contributed by atoms with Crippen molar-refractivity contribution in [2.45, 2.75) is 18.9 Å². The summed E-state index contributed by atoms with van der Waals surface area (Å²) in [6.45, 7) is 0.0936. The number of phenols is 1. The fourth-order valence-corrected chi connectivity index (χ4v) is 2.01. The highest BCUT2D eigenvalue weighted by molar-refractivity contribution is 6.00. The van der Waals surface area contributed by atoms with E-state index in [4.69, 9.17) is 9.84 Å². The maximum Gasteiger partial charge on any atom is 0.323 e. The lowest BCUT2D eigenvalue weighted by Gasteiger charge is -2.23. The van der Waals surface area contributed by atoms with Gasteiger partial charge in [0.05, 0.1) is 0 Å². The van der Waals surface area contributed by atoms with Crippen molar-refractivity contribution in [2.24, 2.45) is 0 Å². The number of carboxylic acid groups (broad SMARTS) is 1. The van der Waals surface area contributed by atoms with Crippen molar-refractivity contribution >= 4 is 17.6 Å². The molecule has 0 spiro atoms. The zero-order valence-electron chi connectivity index (χ0n) is 10.3. The van der Waals surface area contributed by atoms with Crippen LogP contribution in [-0.4, -0.2) is 41.3 Å². The Labute approximate surface area is 110 Å². The monoisotopic (exact) mass is 265 g/mol. The topological polar surface area (TPSA) is 87.1 Å². The van der Waals surface area contributed by atoms with Gasteiger partial charge in [0.25, 0.3) is 5.91 Å². The van der Waals surface area contributed by atoms with Crippen molar-refractivity contribution in [2.75, 3.05) is 18.1 Å². The summed E-state index contributed by atoms with van der Waals surface area (Å²) in [4.78, 5) is 24.3. The molecular formula is C13H15NO5. The number of carbonyl (C=O) groups excluding carboxylic acids is 1. The minimum Gasteiger partial charge on any atom is -0.508 e. The summed E-state index contributed by atoms with van der Waals surface area (Å²) in [5.41, 5.74) is 0.431. The van der Waals surface area contributed by atoms with Crippen molar-refractivity contribution in [1.82, 2.24) is 0 Å². The predicted octanol–water partition coefficient (Wildman–Crippen LogP) is 0.989. The molecule has 0 aromatic heterocycles. The Kier molecular flexibility index (Phi) is 4.01. The first-order valence-corrected chi connectivity index (χ1v) is 6.02. The standard InChI is InChI=1S/C13H15NO5/c15-10-5-3-9(4-6-10)14(8-12(16)17)13(18)11-2-1-7-19-11/h3-6,11,15H,1-2,7-8H2,(H,16,17)/t11-/m1/s1. The lowest BCUT2D eigenvalue weighted by Crippen LogP contribution is -2.42. The smallest absolute Gasteiger partial charge is 0.323 e. The second-order valence-electron chi connectivity index (χ2n) is 4.34. The van der Waals surface area contributed by atoms with E-state index in [0.29, 0.717) is 18.7 Å². The lowest BCUT2D eigenvalue weighted by molar-refractivity contribution is -0.137. The molecule has 1 amide bonds. The van der Waals surface area contributed by atoms with E-state index in [-0.39, 0.29) is 11.7 Å². The number of phenolic OH excluding ortho intramolecular Hbond substituents is 1. The number of aromatic hydroxyl groups is 1. The van der Waals surface area contributed by atoms with Crippen LogP contribution in [0.15, 0.2) is 24.3 Å². The van der Waals surface area contributed by atoms with Crippen LogP contribution in [0.1, 0.15) is 12.8 Å². The molecule has 1 atom stereocenters. The van der Waals surface area contributed by atoms with Crippen LogP contribution < -0.4 is 4.90 Å². The first kappa shape index (κ1) is 13.4. The number of ether oxygens (including phenoxy) is 1. The molecule has 6 nitrogen and oxygen atoms in total. The zero-order chi connectivity index (χ0) is 13.8. The van der Waals surface area contributed by atoms with Gasteiger partial charge in [0.2, 0.25) is 0 Å². The van der Waals surface area contributed by atoms with Crippen LogP contribution in [0.2, 0.25) is 0 Å². The first-order valence-electron chi connectivity index (χ1n) is 6.02. The summed E-state index contributed by atoms with van der Waals surface area (Å²) >= 11 is 0. The Morgan fingerprint density at radius 3 is 2.53 bits per heavy atom. The molecule has 1 aliphatic rings. The van der Waals surface area contributed by atoms with Gasteiger partial charge in [-0.15, -0.1) is 0 Å². The number of rotatable bonds is 4. The van der Waals surface area contributed by atoms with Crippen molar-refractivity contribution < 1.29 is 24.5 Å². The van der Waals surface area contributed by atoms with Gasteiger partial charge in [0.15, 0.2) is 0 Å². The largest absolute Gasteiger partial charge is 0.508 e. The van der Waals surface area contributed by atoms with Crippen LogP contribution in [0.25, 0.3) is 0 Å². The minimum atomic E-state index is -1.10. The molecule has 1 heterocycles. The van der Waals surface area contributed by atoms with Gasteiger partial charge in [-0.05, 0) is 37.1 Å². The van der Waals surface area contributed by atoms with E-state index in [1.54, 1.807) is 0 Å². The summed E-state index contributed by atoms with van der Waals surface area (Å²) in [5, 5.41) is 18.1. The molecule has 1 fully saturated rings. The number of carbonyl (C=O) groups is 2. The van der Waals surface area contributed by atoms with Gasteiger partial charge in [-0.25, -0.2) is 0 Å². The van der Waals surface area contributed by atoms with Crippen molar-refractivity contribution in [3.8, 4) is 5.75 Å². The third-order valence-corrected chi connectivity index (χ3v) is 2.93. The maximum absolute atomic E-state index is 12.2. The molecule has 102 valence electrons. The maximum atomic E-state index is 12.2. The van der Waals surface area contributed by atoms with Crippen LogP contribution in [0.4, 0.5) is 5.69 Å². The molecular weight excluding hydrogens is 250 g/mol. The van der Waals surface area contributed by atoms with Crippen LogP contribution in [-0.2, 0) is 14.3 Å². The summed E-state index contributed by atoms with van der Waals surface area (Å²) in [6.07, 6.45) is 0.827. The van der Waals surface area contributed by atoms with E-state index in [1.807, 2.05) is 0 Å². The Morgan fingerprint density at radius 1 is 1.32 bits per heavy atom. The SMILES string of the molecule is O=C(O)CN(C(=O)[C@H]1CCCO1)c1ccc(O)cc1. The molecule has 19 heavy (non-hydrogen) atoms. The van der Waals surface area contributed by atoms with Gasteiger partial charge in [-0.1, -0.05) is 0 Å². The highest BCUT2D eigenvalue weighted by Gasteiger charge is 2.30. The first-order chi connectivity index (χ1) is 9.08. The molecule has 0 radical (unpaired) electrons. The van der Waals surface area contributed by atoms with E-state index in [2.05, 4.69) is 0 Å². The van der Waals surface area contributed by atoms with Crippen LogP contribution >= 0.6 is 0 Å². The normalized spacial score (nSPS) is 18.2.